The molecule has 0 radical (unpaired) electrons. The number of benzene rings is 1. The minimum absolute atomic E-state index is 0.230. The third kappa shape index (κ3) is 1.89. The summed E-state index contributed by atoms with van der Waals surface area (Å²) in [5.41, 5.74) is 1.51. The maximum absolute atomic E-state index is 13.2. The van der Waals surface area contributed by atoms with Crippen LogP contribution >= 0.6 is 0 Å². The Morgan fingerprint density at radius 1 is 1.35 bits per heavy atom. The van der Waals surface area contributed by atoms with E-state index in [1.54, 1.807) is 12.3 Å². The van der Waals surface area contributed by atoms with Gasteiger partial charge < -0.3 is 14.4 Å². The van der Waals surface area contributed by atoms with Gasteiger partial charge in [0.05, 0.1) is 24.3 Å². The Labute approximate surface area is 115 Å². The third-order valence-electron chi connectivity index (χ3n) is 4.00. The molecule has 1 aromatic heterocycles. The van der Waals surface area contributed by atoms with Crippen molar-refractivity contribution < 1.29 is 14.2 Å². The molecule has 2 aliphatic rings. The van der Waals surface area contributed by atoms with Crippen molar-refractivity contribution >= 4 is 0 Å². The first-order chi connectivity index (χ1) is 9.72. The molecule has 5 heteroatoms. The van der Waals surface area contributed by atoms with Crippen LogP contribution in [0.25, 0.3) is 0 Å². The molecule has 2 aromatic rings. The number of aromatic nitrogens is 2. The van der Waals surface area contributed by atoms with Gasteiger partial charge in [0.2, 0.25) is 0 Å². The van der Waals surface area contributed by atoms with Crippen LogP contribution in [0, 0.1) is 5.82 Å². The molecule has 0 spiro atoms. The molecule has 1 aliphatic heterocycles. The van der Waals surface area contributed by atoms with Crippen LogP contribution in [0.2, 0.25) is 0 Å². The van der Waals surface area contributed by atoms with Crippen LogP contribution in [-0.4, -0.2) is 14.7 Å². The normalized spacial score (nSPS) is 25.1. The van der Waals surface area contributed by atoms with Crippen molar-refractivity contribution in [1.82, 2.24) is 9.55 Å². The summed E-state index contributed by atoms with van der Waals surface area (Å²) in [6.07, 6.45) is 5.44. The number of aliphatic hydroxyl groups is 1. The van der Waals surface area contributed by atoms with Gasteiger partial charge >= 0.3 is 0 Å². The van der Waals surface area contributed by atoms with Crippen molar-refractivity contribution in [2.24, 2.45) is 0 Å². The minimum atomic E-state index is -0.706. The van der Waals surface area contributed by atoms with E-state index in [0.717, 1.165) is 5.69 Å². The predicted molar refractivity (Wildman–Crippen MR) is 69.8 cm³/mol. The lowest BCUT2D eigenvalue weighted by Gasteiger charge is -2.30. The molecular weight excluding hydrogens is 259 g/mol. The molecule has 4 nitrogen and oxygen atoms in total. The average molecular weight is 274 g/mol. The summed E-state index contributed by atoms with van der Waals surface area (Å²) in [7, 11) is 0. The minimum Gasteiger partial charge on any atom is -0.484 e. The van der Waals surface area contributed by atoms with Crippen molar-refractivity contribution in [3.05, 3.63) is 47.8 Å². The zero-order valence-corrected chi connectivity index (χ0v) is 10.9. The molecule has 1 aromatic carbocycles. The summed E-state index contributed by atoms with van der Waals surface area (Å²) >= 11 is 0. The van der Waals surface area contributed by atoms with Gasteiger partial charge in [-0.3, -0.25) is 0 Å². The van der Waals surface area contributed by atoms with Gasteiger partial charge in [-0.1, -0.05) is 0 Å². The number of hydrogen-bond donors (Lipinski definition) is 1. The van der Waals surface area contributed by atoms with Gasteiger partial charge in [-0.25, -0.2) is 9.37 Å². The molecule has 20 heavy (non-hydrogen) atoms. The number of ether oxygens (including phenoxy) is 1. The second-order valence-electron chi connectivity index (χ2n) is 5.50. The number of fused-ring (bicyclic) bond motifs is 1. The van der Waals surface area contributed by atoms with E-state index in [2.05, 4.69) is 9.55 Å². The maximum atomic E-state index is 13.2. The molecule has 104 valence electrons. The second-order valence-corrected chi connectivity index (χ2v) is 5.50. The Hall–Kier alpha value is -1.88. The predicted octanol–water partition coefficient (Wildman–Crippen LogP) is 2.91. The van der Waals surface area contributed by atoms with Crippen LogP contribution < -0.4 is 4.74 Å². The molecule has 0 bridgehead atoms. The number of halogens is 1. The number of aliphatic hydroxyl groups excluding tert-OH is 1. The summed E-state index contributed by atoms with van der Waals surface area (Å²) in [5.74, 6) is 0.201. The Bertz CT molecular complexity index is 651. The molecule has 2 heterocycles. The topological polar surface area (TPSA) is 47.3 Å². The van der Waals surface area contributed by atoms with Gasteiger partial charge in [0, 0.05) is 18.0 Å². The summed E-state index contributed by atoms with van der Waals surface area (Å²) in [5, 5.41) is 10.2. The van der Waals surface area contributed by atoms with Gasteiger partial charge in [-0.2, -0.15) is 0 Å². The van der Waals surface area contributed by atoms with Crippen LogP contribution in [0.3, 0.4) is 0 Å². The summed E-state index contributed by atoms with van der Waals surface area (Å²) in [6.45, 7) is 0. The van der Waals surface area contributed by atoms with Crippen molar-refractivity contribution in [2.45, 2.75) is 37.5 Å². The first-order valence-electron chi connectivity index (χ1n) is 6.88. The van der Waals surface area contributed by atoms with Crippen LogP contribution in [0.5, 0.6) is 5.75 Å². The molecule has 4 rings (SSSR count). The van der Waals surface area contributed by atoms with Crippen LogP contribution in [0.4, 0.5) is 4.39 Å². The first kappa shape index (κ1) is 11.9. The highest BCUT2D eigenvalue weighted by atomic mass is 19.1. The zero-order valence-electron chi connectivity index (χ0n) is 10.9. The fourth-order valence-electron chi connectivity index (χ4n) is 2.82. The summed E-state index contributed by atoms with van der Waals surface area (Å²) in [6, 6.07) is 4.79. The van der Waals surface area contributed by atoms with Crippen molar-refractivity contribution in [1.29, 1.82) is 0 Å². The van der Waals surface area contributed by atoms with Crippen molar-refractivity contribution in [3.63, 3.8) is 0 Å². The Balaban J connectivity index is 1.68. The molecule has 2 atom stereocenters. The zero-order chi connectivity index (χ0) is 13.7. The Kier molecular flexibility index (Phi) is 2.57. The lowest BCUT2D eigenvalue weighted by atomic mass is 9.97. The van der Waals surface area contributed by atoms with Crippen molar-refractivity contribution in [2.75, 3.05) is 0 Å². The van der Waals surface area contributed by atoms with E-state index in [4.69, 9.17) is 4.74 Å². The average Bonchev–Trinajstić information content (AvgIpc) is 3.17. The maximum Gasteiger partial charge on any atom is 0.143 e. The number of imidazole rings is 1. The molecule has 0 saturated heterocycles. The number of hydrogen-bond acceptors (Lipinski definition) is 3. The lowest BCUT2D eigenvalue weighted by molar-refractivity contribution is 0.0614. The van der Waals surface area contributed by atoms with E-state index < -0.39 is 6.10 Å². The van der Waals surface area contributed by atoms with Crippen molar-refractivity contribution in [3.8, 4) is 5.75 Å². The third-order valence-corrected chi connectivity index (χ3v) is 4.00. The fourth-order valence-corrected chi connectivity index (χ4v) is 2.82. The van der Waals surface area contributed by atoms with Crippen LogP contribution in [0.1, 0.15) is 48.8 Å². The SMILES string of the molecule is O[C@H]1CC(c2cncn2C2CC2)Oc2ccc(F)cc21. The summed E-state index contributed by atoms with van der Waals surface area (Å²) in [4.78, 5) is 4.20. The van der Waals surface area contributed by atoms with E-state index in [-0.39, 0.29) is 11.9 Å². The standard InChI is InChI=1S/C15H15FN2O2/c16-9-1-4-14-11(5-9)13(19)6-15(20-14)12-7-17-8-18(12)10-2-3-10/h1,4-5,7-8,10,13,15,19H,2-3,6H2/t13-,15?/m0/s1. The molecular formula is C15H15FN2O2. The molecule has 1 fully saturated rings. The van der Waals surface area contributed by atoms with Gasteiger partial charge in [-0.05, 0) is 31.0 Å². The van der Waals surface area contributed by atoms with Gasteiger partial charge in [0.1, 0.15) is 17.7 Å². The van der Waals surface area contributed by atoms with E-state index in [0.29, 0.717) is 23.8 Å². The molecule has 1 saturated carbocycles. The fraction of sp³-hybridized carbons (Fsp3) is 0.400. The van der Waals surface area contributed by atoms with Gasteiger partial charge in [0.15, 0.2) is 0 Å². The lowest BCUT2D eigenvalue weighted by Crippen LogP contribution is -2.21. The first-order valence-corrected chi connectivity index (χ1v) is 6.88. The highest BCUT2D eigenvalue weighted by Gasteiger charge is 2.33. The van der Waals surface area contributed by atoms with Crippen LogP contribution in [-0.2, 0) is 0 Å². The highest BCUT2D eigenvalue weighted by Crippen LogP contribution is 2.43. The molecule has 0 amide bonds. The van der Waals surface area contributed by atoms with E-state index >= 15 is 0 Å². The van der Waals surface area contributed by atoms with E-state index in [1.807, 2.05) is 6.33 Å². The number of rotatable bonds is 2. The molecule has 1 unspecified atom stereocenters. The molecule has 1 aliphatic carbocycles. The summed E-state index contributed by atoms with van der Waals surface area (Å²) < 4.78 is 21.3. The van der Waals surface area contributed by atoms with E-state index in [1.165, 1.54) is 25.0 Å². The quantitative estimate of drug-likeness (QED) is 0.916. The Morgan fingerprint density at radius 3 is 3.00 bits per heavy atom. The number of nitrogens with zero attached hydrogens (tertiary/aromatic N) is 2. The smallest absolute Gasteiger partial charge is 0.143 e. The van der Waals surface area contributed by atoms with E-state index in [9.17, 15) is 9.50 Å². The van der Waals surface area contributed by atoms with Gasteiger partial charge in [0.25, 0.3) is 0 Å². The second kappa shape index (κ2) is 4.31. The van der Waals surface area contributed by atoms with Gasteiger partial charge in [-0.15, -0.1) is 0 Å². The largest absolute Gasteiger partial charge is 0.484 e. The molecule has 1 N–H and O–H groups in total. The highest BCUT2D eigenvalue weighted by molar-refractivity contribution is 5.38. The monoisotopic (exact) mass is 274 g/mol. The Morgan fingerprint density at radius 2 is 2.20 bits per heavy atom. The van der Waals surface area contributed by atoms with Crippen LogP contribution in [0.15, 0.2) is 30.7 Å².